The number of benzene rings is 2. The van der Waals surface area contributed by atoms with Gasteiger partial charge in [-0.2, -0.15) is 5.10 Å². The first-order valence-electron chi connectivity index (χ1n) is 7.09. The topological polar surface area (TPSA) is 64.2 Å². The van der Waals surface area contributed by atoms with Crippen molar-refractivity contribution in [1.29, 1.82) is 0 Å². The van der Waals surface area contributed by atoms with E-state index < -0.39 is 7.60 Å². The maximum atomic E-state index is 12.5. The summed E-state index contributed by atoms with van der Waals surface area (Å²) in [5.74, 6) is 0. The molecule has 1 N–H and O–H groups in total. The van der Waals surface area contributed by atoms with E-state index in [0.29, 0.717) is 5.30 Å². The zero-order valence-corrected chi connectivity index (χ0v) is 13.8. The van der Waals surface area contributed by atoms with E-state index in [0.717, 1.165) is 22.2 Å². The van der Waals surface area contributed by atoms with Crippen LogP contribution in [0.1, 0.15) is 11.3 Å². The van der Waals surface area contributed by atoms with Crippen LogP contribution in [0, 0.1) is 0 Å². The Bertz CT molecular complexity index is 879. The number of hydrogen-bond acceptors (Lipinski definition) is 4. The van der Waals surface area contributed by atoms with Gasteiger partial charge < -0.3 is 9.05 Å². The Morgan fingerprint density at radius 1 is 1.04 bits per heavy atom. The van der Waals surface area contributed by atoms with Gasteiger partial charge in [0.15, 0.2) is 0 Å². The molecule has 3 aromatic rings. The molecule has 0 spiro atoms. The number of H-pyrrole nitrogens is 1. The van der Waals surface area contributed by atoms with E-state index in [1.807, 2.05) is 48.6 Å². The Balaban J connectivity index is 2.02. The number of nitrogens with zero attached hydrogens (tertiary/aromatic N) is 1. The van der Waals surface area contributed by atoms with Crippen molar-refractivity contribution < 1.29 is 13.6 Å². The number of aromatic nitrogens is 2. The predicted octanol–water partition coefficient (Wildman–Crippen LogP) is 3.84. The number of fused-ring (bicyclic) bond motifs is 1. The molecule has 0 unspecified atom stereocenters. The van der Waals surface area contributed by atoms with Crippen molar-refractivity contribution in [2.45, 2.75) is 0 Å². The van der Waals surface area contributed by atoms with Crippen LogP contribution in [0.3, 0.4) is 0 Å². The zero-order chi connectivity index (χ0) is 16.3. The van der Waals surface area contributed by atoms with Gasteiger partial charge in [0.2, 0.25) is 0 Å². The van der Waals surface area contributed by atoms with Crippen molar-refractivity contribution in [3.63, 3.8) is 0 Å². The van der Waals surface area contributed by atoms with Crippen molar-refractivity contribution in [2.24, 2.45) is 0 Å². The van der Waals surface area contributed by atoms with E-state index in [1.165, 1.54) is 14.2 Å². The Morgan fingerprint density at radius 3 is 2.48 bits per heavy atom. The second-order valence-electron chi connectivity index (χ2n) is 4.95. The molecule has 23 heavy (non-hydrogen) atoms. The molecule has 0 aliphatic rings. The standard InChI is InChI=1S/C17H17N2O3P/c1-21-23(20,22-2)14-9-11-17-15(12-14)16(18-19-17)10-8-13-6-4-3-5-7-13/h3-12H,1-2H3,(H,18,19). The molecule has 0 radical (unpaired) electrons. The summed E-state index contributed by atoms with van der Waals surface area (Å²) >= 11 is 0. The molecule has 3 rings (SSSR count). The Labute approximate surface area is 134 Å². The van der Waals surface area contributed by atoms with Gasteiger partial charge in [0, 0.05) is 19.6 Å². The molecule has 0 aliphatic heterocycles. The summed E-state index contributed by atoms with van der Waals surface area (Å²) in [4.78, 5) is 0. The van der Waals surface area contributed by atoms with Crippen molar-refractivity contribution in [3.05, 3.63) is 59.8 Å². The van der Waals surface area contributed by atoms with Crippen LogP contribution in [-0.2, 0) is 13.6 Å². The molecule has 0 bridgehead atoms. The smallest absolute Gasteiger partial charge is 0.309 e. The minimum Gasteiger partial charge on any atom is -0.309 e. The van der Waals surface area contributed by atoms with Gasteiger partial charge in [0.05, 0.1) is 16.5 Å². The first-order chi connectivity index (χ1) is 11.2. The lowest BCUT2D eigenvalue weighted by molar-refractivity contribution is 0.287. The summed E-state index contributed by atoms with van der Waals surface area (Å²) in [6.07, 6.45) is 3.90. The summed E-state index contributed by atoms with van der Waals surface area (Å²) in [6, 6.07) is 15.3. The summed E-state index contributed by atoms with van der Waals surface area (Å²) in [7, 11) is -0.526. The van der Waals surface area contributed by atoms with Crippen molar-refractivity contribution in [2.75, 3.05) is 14.2 Å². The van der Waals surface area contributed by atoms with E-state index >= 15 is 0 Å². The highest BCUT2D eigenvalue weighted by atomic mass is 31.2. The van der Waals surface area contributed by atoms with E-state index in [2.05, 4.69) is 10.2 Å². The van der Waals surface area contributed by atoms with Gasteiger partial charge in [-0.15, -0.1) is 0 Å². The molecule has 0 atom stereocenters. The highest BCUT2D eigenvalue weighted by molar-refractivity contribution is 7.62. The van der Waals surface area contributed by atoms with Crippen LogP contribution < -0.4 is 5.30 Å². The minimum atomic E-state index is -3.28. The fourth-order valence-corrected chi connectivity index (χ4v) is 3.46. The summed E-state index contributed by atoms with van der Waals surface area (Å²) in [5.41, 5.74) is 2.71. The quantitative estimate of drug-likeness (QED) is 0.723. The van der Waals surface area contributed by atoms with Gasteiger partial charge in [0.1, 0.15) is 0 Å². The Morgan fingerprint density at radius 2 is 1.78 bits per heavy atom. The molecule has 2 aromatic carbocycles. The third-order valence-corrected chi connectivity index (χ3v) is 5.48. The molecule has 0 fully saturated rings. The summed E-state index contributed by atoms with van der Waals surface area (Å²) in [5, 5.41) is 8.64. The highest BCUT2D eigenvalue weighted by Gasteiger charge is 2.25. The fraction of sp³-hybridized carbons (Fsp3) is 0.118. The monoisotopic (exact) mass is 328 g/mol. The van der Waals surface area contributed by atoms with E-state index in [-0.39, 0.29) is 0 Å². The zero-order valence-electron chi connectivity index (χ0n) is 12.9. The predicted molar refractivity (Wildman–Crippen MR) is 92.7 cm³/mol. The van der Waals surface area contributed by atoms with Crippen molar-refractivity contribution in [3.8, 4) is 0 Å². The minimum absolute atomic E-state index is 0.505. The summed E-state index contributed by atoms with van der Waals surface area (Å²) in [6.45, 7) is 0. The van der Waals surface area contributed by atoms with Crippen LogP contribution in [-0.4, -0.2) is 24.4 Å². The average molecular weight is 328 g/mol. The lowest BCUT2D eigenvalue weighted by Crippen LogP contribution is -2.07. The molecule has 0 aliphatic carbocycles. The maximum Gasteiger partial charge on any atom is 0.360 e. The Kier molecular flexibility index (Phi) is 4.44. The fourth-order valence-electron chi connectivity index (χ4n) is 2.34. The first kappa shape index (κ1) is 15.7. The molecule has 0 saturated heterocycles. The van der Waals surface area contributed by atoms with E-state index in [9.17, 15) is 4.57 Å². The van der Waals surface area contributed by atoms with Crippen LogP contribution in [0.5, 0.6) is 0 Å². The number of aromatic amines is 1. The van der Waals surface area contributed by atoms with E-state index in [1.54, 1.807) is 12.1 Å². The molecule has 0 amide bonds. The largest absolute Gasteiger partial charge is 0.360 e. The molecule has 6 heteroatoms. The van der Waals surface area contributed by atoms with Crippen LogP contribution in [0.25, 0.3) is 23.1 Å². The van der Waals surface area contributed by atoms with Gasteiger partial charge in [0.25, 0.3) is 0 Å². The first-order valence-corrected chi connectivity index (χ1v) is 8.64. The SMILES string of the molecule is COP(=O)(OC)c1ccc2[nH]nc(C=Cc3ccccc3)c2c1. The molecule has 118 valence electrons. The van der Waals surface area contributed by atoms with Gasteiger partial charge in [-0.1, -0.05) is 36.4 Å². The second-order valence-corrected chi connectivity index (χ2v) is 7.19. The Hall–Kier alpha value is -2.20. The van der Waals surface area contributed by atoms with E-state index in [4.69, 9.17) is 9.05 Å². The normalized spacial score (nSPS) is 12.3. The molecular formula is C17H17N2O3P. The molecule has 5 nitrogen and oxygen atoms in total. The summed E-state index contributed by atoms with van der Waals surface area (Å²) < 4.78 is 22.6. The highest BCUT2D eigenvalue weighted by Crippen LogP contribution is 2.45. The van der Waals surface area contributed by atoms with Crippen LogP contribution in [0.4, 0.5) is 0 Å². The molecular weight excluding hydrogens is 311 g/mol. The van der Waals surface area contributed by atoms with Gasteiger partial charge in [-0.05, 0) is 29.8 Å². The van der Waals surface area contributed by atoms with Crippen molar-refractivity contribution >= 4 is 36.0 Å². The van der Waals surface area contributed by atoms with Gasteiger partial charge in [-0.3, -0.25) is 9.66 Å². The number of hydrogen-bond donors (Lipinski definition) is 1. The second kappa shape index (κ2) is 6.50. The maximum absolute atomic E-state index is 12.5. The lowest BCUT2D eigenvalue weighted by Gasteiger charge is -2.13. The number of rotatable bonds is 5. The lowest BCUT2D eigenvalue weighted by atomic mass is 10.1. The molecule has 1 aromatic heterocycles. The van der Waals surface area contributed by atoms with Gasteiger partial charge in [-0.25, -0.2) is 0 Å². The van der Waals surface area contributed by atoms with Crippen LogP contribution >= 0.6 is 7.60 Å². The average Bonchev–Trinajstić information content (AvgIpc) is 3.02. The van der Waals surface area contributed by atoms with Crippen LogP contribution in [0.2, 0.25) is 0 Å². The number of nitrogens with one attached hydrogen (secondary N) is 1. The van der Waals surface area contributed by atoms with Gasteiger partial charge >= 0.3 is 7.60 Å². The third kappa shape index (κ3) is 3.13. The molecule has 1 heterocycles. The third-order valence-electron chi connectivity index (χ3n) is 3.61. The van der Waals surface area contributed by atoms with Crippen molar-refractivity contribution in [1.82, 2.24) is 10.2 Å². The molecule has 0 saturated carbocycles. The van der Waals surface area contributed by atoms with Crippen LogP contribution in [0.15, 0.2) is 48.5 Å².